The largest absolute Gasteiger partial charge is 0.607 e. The molecule has 50 valence electrons. The van der Waals surface area contributed by atoms with Crippen LogP contribution in [0, 0.1) is 5.21 Å². The fourth-order valence-electron chi connectivity index (χ4n) is 0.679. The fourth-order valence-corrected chi connectivity index (χ4v) is 0.679. The first-order chi connectivity index (χ1) is 4.13. The topological polar surface area (TPSA) is 49.1 Å². The fraction of sp³-hybridized carbons (Fsp3) is 0.333. The van der Waals surface area contributed by atoms with Crippen molar-refractivity contribution in [3.8, 4) is 0 Å². The predicted molar refractivity (Wildman–Crippen MR) is 35.6 cm³/mol. The van der Waals surface area contributed by atoms with Gasteiger partial charge in [-0.1, -0.05) is 6.08 Å². The van der Waals surface area contributed by atoms with Crippen LogP contribution >= 0.6 is 0 Å². The number of quaternary nitrogens is 1. The first-order valence-corrected chi connectivity index (χ1v) is 2.87. The van der Waals surface area contributed by atoms with Gasteiger partial charge in [0.25, 0.3) is 0 Å². The maximum Gasteiger partial charge on any atom is 0.126 e. The molecule has 9 heavy (non-hydrogen) atoms. The summed E-state index contributed by atoms with van der Waals surface area (Å²) in [5.74, 6) is 5.27. The molecule has 0 aromatic carbocycles. The minimum Gasteiger partial charge on any atom is -0.607 e. The third-order valence-electron chi connectivity index (χ3n) is 1.46. The van der Waals surface area contributed by atoms with Gasteiger partial charge >= 0.3 is 0 Å². The van der Waals surface area contributed by atoms with Gasteiger partial charge in [-0.2, -0.15) is 5.84 Å². The van der Waals surface area contributed by atoms with Crippen molar-refractivity contribution < 1.29 is 4.76 Å². The van der Waals surface area contributed by atoms with E-state index in [0.29, 0.717) is 0 Å². The Kier molecular flexibility index (Phi) is 1.40. The molecule has 0 aromatic heterocycles. The van der Waals surface area contributed by atoms with Crippen LogP contribution in [0.5, 0.6) is 0 Å². The molecule has 0 aromatic rings. The molecule has 3 heteroatoms. The van der Waals surface area contributed by atoms with Gasteiger partial charge in [0, 0.05) is 0 Å². The molecule has 0 aliphatic carbocycles. The second kappa shape index (κ2) is 1.95. The highest BCUT2D eigenvalue weighted by Gasteiger charge is 2.16. The van der Waals surface area contributed by atoms with Gasteiger partial charge in [-0.15, -0.1) is 0 Å². The smallest absolute Gasteiger partial charge is 0.126 e. The Morgan fingerprint density at radius 1 is 1.56 bits per heavy atom. The number of hydroxylamine groups is 2. The van der Waals surface area contributed by atoms with E-state index in [1.807, 2.05) is 6.08 Å². The van der Waals surface area contributed by atoms with Crippen LogP contribution in [-0.4, -0.2) is 10.8 Å². The van der Waals surface area contributed by atoms with Gasteiger partial charge in [-0.3, -0.25) is 4.76 Å². The van der Waals surface area contributed by atoms with Gasteiger partial charge in [0.2, 0.25) is 0 Å². The SMILES string of the molecule is CC1C=CC=C[N+]1(N)[O-]. The lowest BCUT2D eigenvalue weighted by atomic mass is 10.2. The first-order valence-electron chi connectivity index (χ1n) is 2.87. The van der Waals surface area contributed by atoms with E-state index in [1.165, 1.54) is 6.20 Å². The highest BCUT2D eigenvalue weighted by Crippen LogP contribution is 2.10. The zero-order valence-electron chi connectivity index (χ0n) is 5.32. The van der Waals surface area contributed by atoms with E-state index in [1.54, 1.807) is 19.1 Å². The van der Waals surface area contributed by atoms with Gasteiger partial charge in [0.15, 0.2) is 0 Å². The Labute approximate surface area is 54.2 Å². The Bertz CT molecular complexity index is 160. The summed E-state index contributed by atoms with van der Waals surface area (Å²) in [6, 6.07) is -0.157. The number of hydrogen-bond acceptors (Lipinski definition) is 2. The van der Waals surface area contributed by atoms with Gasteiger partial charge in [0.1, 0.15) is 12.2 Å². The highest BCUT2D eigenvalue weighted by atomic mass is 16.6. The summed E-state index contributed by atoms with van der Waals surface area (Å²) in [4.78, 5) is 0. The molecule has 1 heterocycles. The molecule has 0 amide bonds. The van der Waals surface area contributed by atoms with Crippen LogP contribution < -0.4 is 5.84 Å². The van der Waals surface area contributed by atoms with E-state index >= 15 is 0 Å². The molecule has 0 bridgehead atoms. The number of nitrogens with two attached hydrogens (primary N) is 1. The number of nitrogens with zero attached hydrogens (tertiary/aromatic N) is 1. The lowest BCUT2D eigenvalue weighted by Crippen LogP contribution is -2.50. The van der Waals surface area contributed by atoms with Crippen molar-refractivity contribution in [1.29, 1.82) is 0 Å². The van der Waals surface area contributed by atoms with Crippen LogP contribution in [-0.2, 0) is 0 Å². The molecular formula is C6H10N2O. The minimum atomic E-state index is -0.781. The second-order valence-corrected chi connectivity index (χ2v) is 2.23. The Morgan fingerprint density at radius 3 is 2.56 bits per heavy atom. The third kappa shape index (κ3) is 1.18. The second-order valence-electron chi connectivity index (χ2n) is 2.23. The van der Waals surface area contributed by atoms with Crippen LogP contribution in [0.15, 0.2) is 24.4 Å². The van der Waals surface area contributed by atoms with Crippen LogP contribution in [0.1, 0.15) is 6.92 Å². The van der Waals surface area contributed by atoms with Crippen molar-refractivity contribution in [2.24, 2.45) is 5.84 Å². The third-order valence-corrected chi connectivity index (χ3v) is 1.46. The van der Waals surface area contributed by atoms with Crippen molar-refractivity contribution in [3.05, 3.63) is 29.6 Å². The minimum absolute atomic E-state index is 0.157. The summed E-state index contributed by atoms with van der Waals surface area (Å²) in [6.07, 6.45) is 6.69. The van der Waals surface area contributed by atoms with Gasteiger partial charge in [-0.05, 0) is 19.1 Å². The molecule has 0 fully saturated rings. The van der Waals surface area contributed by atoms with E-state index in [4.69, 9.17) is 5.84 Å². The van der Waals surface area contributed by atoms with Crippen LogP contribution in [0.3, 0.4) is 0 Å². The summed E-state index contributed by atoms with van der Waals surface area (Å²) in [7, 11) is 0. The highest BCUT2D eigenvalue weighted by molar-refractivity contribution is 5.06. The molecule has 0 saturated carbocycles. The van der Waals surface area contributed by atoms with E-state index in [0.717, 1.165) is 0 Å². The zero-order valence-corrected chi connectivity index (χ0v) is 5.32. The summed E-state index contributed by atoms with van der Waals surface area (Å²) < 4.78 is -0.781. The summed E-state index contributed by atoms with van der Waals surface area (Å²) in [5.41, 5.74) is 0. The van der Waals surface area contributed by atoms with Crippen LogP contribution in [0.2, 0.25) is 0 Å². The van der Waals surface area contributed by atoms with Crippen molar-refractivity contribution in [2.75, 3.05) is 0 Å². The summed E-state index contributed by atoms with van der Waals surface area (Å²) in [5, 5.41) is 11.0. The van der Waals surface area contributed by atoms with Crippen LogP contribution in [0.4, 0.5) is 0 Å². The molecule has 0 saturated heterocycles. The molecule has 2 N–H and O–H groups in total. The maximum atomic E-state index is 11.0. The Hall–Kier alpha value is -0.640. The van der Waals surface area contributed by atoms with Gasteiger partial charge < -0.3 is 5.21 Å². The number of hydrogen-bond donors (Lipinski definition) is 1. The Morgan fingerprint density at radius 2 is 2.22 bits per heavy atom. The van der Waals surface area contributed by atoms with Gasteiger partial charge in [0.05, 0.1) is 0 Å². The molecular weight excluding hydrogens is 116 g/mol. The lowest BCUT2D eigenvalue weighted by Gasteiger charge is -2.37. The molecule has 0 radical (unpaired) electrons. The number of allylic oxidation sites excluding steroid dienone is 2. The molecule has 2 atom stereocenters. The monoisotopic (exact) mass is 126 g/mol. The van der Waals surface area contributed by atoms with Crippen molar-refractivity contribution in [2.45, 2.75) is 13.0 Å². The normalized spacial score (nSPS) is 41.4. The van der Waals surface area contributed by atoms with E-state index in [2.05, 4.69) is 0 Å². The van der Waals surface area contributed by atoms with E-state index in [-0.39, 0.29) is 6.04 Å². The van der Waals surface area contributed by atoms with Crippen LogP contribution in [0.25, 0.3) is 0 Å². The van der Waals surface area contributed by atoms with Crippen molar-refractivity contribution >= 4 is 0 Å². The molecule has 1 aliphatic heterocycles. The summed E-state index contributed by atoms with van der Waals surface area (Å²) >= 11 is 0. The molecule has 3 nitrogen and oxygen atoms in total. The zero-order chi connectivity index (χ0) is 6.91. The standard InChI is InChI=1S/C6H10N2O/c1-6-4-2-3-5-8(6,7)9/h2-6H,7H2,1H3. The maximum absolute atomic E-state index is 11.0. The average Bonchev–Trinajstić information content (AvgIpc) is 1.77. The average molecular weight is 126 g/mol. The van der Waals surface area contributed by atoms with E-state index in [9.17, 15) is 5.21 Å². The Balaban J connectivity index is 2.78. The molecule has 2 unspecified atom stereocenters. The predicted octanol–water partition coefficient (Wildman–Crippen LogP) is 0.647. The van der Waals surface area contributed by atoms with Crippen molar-refractivity contribution in [1.82, 2.24) is 0 Å². The molecule has 1 aliphatic rings. The van der Waals surface area contributed by atoms with Gasteiger partial charge in [-0.25, -0.2) is 0 Å². The molecule has 0 spiro atoms. The molecule has 1 rings (SSSR count). The summed E-state index contributed by atoms with van der Waals surface area (Å²) in [6.45, 7) is 1.78. The van der Waals surface area contributed by atoms with Crippen molar-refractivity contribution in [3.63, 3.8) is 0 Å². The number of rotatable bonds is 0. The van der Waals surface area contributed by atoms with E-state index < -0.39 is 4.76 Å². The first kappa shape index (κ1) is 6.48. The quantitative estimate of drug-likeness (QED) is 0.294. The lowest BCUT2D eigenvalue weighted by molar-refractivity contribution is -0.859.